The SMILES string of the molecule is CC1=C(O)CC(F)C=C1. The summed E-state index contributed by atoms with van der Waals surface area (Å²) in [5.74, 6) is 0.171. The molecule has 0 aromatic rings. The van der Waals surface area contributed by atoms with E-state index in [0.717, 1.165) is 5.57 Å². The number of hydrogen-bond donors (Lipinski definition) is 1. The fourth-order valence-corrected chi connectivity index (χ4v) is 0.759. The predicted molar refractivity (Wildman–Crippen MR) is 34.0 cm³/mol. The van der Waals surface area contributed by atoms with Gasteiger partial charge in [0.05, 0.1) is 5.76 Å². The van der Waals surface area contributed by atoms with Crippen molar-refractivity contribution in [2.24, 2.45) is 0 Å². The molecule has 1 aliphatic rings. The van der Waals surface area contributed by atoms with Gasteiger partial charge >= 0.3 is 0 Å². The Bertz CT molecular complexity index is 170. The molecule has 0 aliphatic heterocycles. The van der Waals surface area contributed by atoms with Crippen LogP contribution in [0.1, 0.15) is 13.3 Å². The first-order valence-corrected chi connectivity index (χ1v) is 2.91. The summed E-state index contributed by atoms with van der Waals surface area (Å²) < 4.78 is 12.3. The molecule has 0 aromatic carbocycles. The molecule has 1 rings (SSSR count). The van der Waals surface area contributed by atoms with Crippen LogP contribution in [0.5, 0.6) is 0 Å². The summed E-state index contributed by atoms with van der Waals surface area (Å²) in [6.45, 7) is 1.76. The number of allylic oxidation sites excluding steroid dienone is 4. The second kappa shape index (κ2) is 2.21. The molecular weight excluding hydrogens is 119 g/mol. The Morgan fingerprint density at radius 2 is 2.44 bits per heavy atom. The Morgan fingerprint density at radius 1 is 1.78 bits per heavy atom. The Hall–Kier alpha value is -0.790. The van der Waals surface area contributed by atoms with E-state index < -0.39 is 6.17 Å². The normalized spacial score (nSPS) is 27.1. The van der Waals surface area contributed by atoms with Gasteiger partial charge in [-0.3, -0.25) is 0 Å². The summed E-state index contributed by atoms with van der Waals surface area (Å²) in [7, 11) is 0. The van der Waals surface area contributed by atoms with Crippen molar-refractivity contribution < 1.29 is 9.50 Å². The van der Waals surface area contributed by atoms with Crippen LogP contribution in [0.3, 0.4) is 0 Å². The minimum absolute atomic E-state index is 0.141. The lowest BCUT2D eigenvalue weighted by Gasteiger charge is -2.09. The van der Waals surface area contributed by atoms with E-state index in [-0.39, 0.29) is 12.2 Å². The topological polar surface area (TPSA) is 20.2 Å². The van der Waals surface area contributed by atoms with Gasteiger partial charge in [-0.2, -0.15) is 0 Å². The molecule has 0 amide bonds. The average Bonchev–Trinajstić information content (AvgIpc) is 1.80. The van der Waals surface area contributed by atoms with E-state index in [9.17, 15) is 4.39 Å². The maximum Gasteiger partial charge on any atom is 0.126 e. The summed E-state index contributed by atoms with van der Waals surface area (Å²) in [6, 6.07) is 0. The van der Waals surface area contributed by atoms with Crippen LogP contribution >= 0.6 is 0 Å². The number of aliphatic hydroxyl groups is 1. The van der Waals surface area contributed by atoms with Crippen molar-refractivity contribution in [3.63, 3.8) is 0 Å². The Balaban J connectivity index is 2.75. The zero-order valence-corrected chi connectivity index (χ0v) is 5.26. The Kier molecular flexibility index (Phi) is 1.56. The number of hydrogen-bond acceptors (Lipinski definition) is 1. The first-order valence-electron chi connectivity index (χ1n) is 2.91. The van der Waals surface area contributed by atoms with E-state index in [0.29, 0.717) is 0 Å². The Labute approximate surface area is 53.5 Å². The van der Waals surface area contributed by atoms with E-state index in [4.69, 9.17) is 5.11 Å². The molecule has 1 N–H and O–H groups in total. The van der Waals surface area contributed by atoms with Gasteiger partial charge in [-0.15, -0.1) is 0 Å². The first-order chi connectivity index (χ1) is 4.20. The molecule has 9 heavy (non-hydrogen) atoms. The molecule has 0 saturated carbocycles. The smallest absolute Gasteiger partial charge is 0.126 e. The van der Waals surface area contributed by atoms with Gasteiger partial charge in [0.25, 0.3) is 0 Å². The third-order valence-corrected chi connectivity index (χ3v) is 1.40. The number of halogens is 1. The van der Waals surface area contributed by atoms with Crippen LogP contribution in [0.15, 0.2) is 23.5 Å². The highest BCUT2D eigenvalue weighted by molar-refractivity contribution is 5.25. The lowest BCUT2D eigenvalue weighted by Crippen LogP contribution is -2.03. The molecule has 1 unspecified atom stereocenters. The minimum atomic E-state index is -0.992. The molecule has 0 aromatic heterocycles. The van der Waals surface area contributed by atoms with Gasteiger partial charge in [-0.25, -0.2) is 4.39 Å². The van der Waals surface area contributed by atoms with Gasteiger partial charge in [0.2, 0.25) is 0 Å². The molecule has 0 heterocycles. The fraction of sp³-hybridized carbons (Fsp3) is 0.429. The summed E-state index contributed by atoms with van der Waals surface area (Å²) in [5.41, 5.74) is 0.768. The molecule has 2 heteroatoms. The average molecular weight is 128 g/mol. The van der Waals surface area contributed by atoms with E-state index in [2.05, 4.69) is 0 Å². The molecule has 0 bridgehead atoms. The molecule has 0 radical (unpaired) electrons. The van der Waals surface area contributed by atoms with Crippen molar-refractivity contribution in [1.29, 1.82) is 0 Å². The number of aliphatic hydroxyl groups excluding tert-OH is 1. The van der Waals surface area contributed by atoms with Gasteiger partial charge in [0, 0.05) is 6.42 Å². The van der Waals surface area contributed by atoms with Crippen LogP contribution in [0.4, 0.5) is 4.39 Å². The monoisotopic (exact) mass is 128 g/mol. The van der Waals surface area contributed by atoms with Crippen molar-refractivity contribution in [3.05, 3.63) is 23.5 Å². The largest absolute Gasteiger partial charge is 0.512 e. The third-order valence-electron chi connectivity index (χ3n) is 1.40. The van der Waals surface area contributed by atoms with Gasteiger partial charge in [-0.1, -0.05) is 6.08 Å². The minimum Gasteiger partial charge on any atom is -0.512 e. The van der Waals surface area contributed by atoms with Crippen LogP contribution in [-0.4, -0.2) is 11.3 Å². The highest BCUT2D eigenvalue weighted by atomic mass is 19.1. The van der Waals surface area contributed by atoms with Gasteiger partial charge in [0.1, 0.15) is 6.17 Å². The summed E-state index contributed by atoms with van der Waals surface area (Å²) in [5, 5.41) is 8.94. The van der Waals surface area contributed by atoms with Crippen molar-refractivity contribution in [2.45, 2.75) is 19.5 Å². The van der Waals surface area contributed by atoms with Crippen molar-refractivity contribution in [2.75, 3.05) is 0 Å². The number of alkyl halides is 1. The summed E-state index contributed by atoms with van der Waals surface area (Å²) in [4.78, 5) is 0. The predicted octanol–water partition coefficient (Wildman–Crippen LogP) is 2.12. The highest BCUT2D eigenvalue weighted by Gasteiger charge is 2.10. The van der Waals surface area contributed by atoms with Crippen LogP contribution in [0, 0.1) is 0 Å². The van der Waals surface area contributed by atoms with Crippen LogP contribution < -0.4 is 0 Å². The van der Waals surface area contributed by atoms with Crippen molar-refractivity contribution in [3.8, 4) is 0 Å². The lowest BCUT2D eigenvalue weighted by molar-refractivity contribution is 0.311. The van der Waals surface area contributed by atoms with Crippen LogP contribution in [-0.2, 0) is 0 Å². The van der Waals surface area contributed by atoms with Crippen molar-refractivity contribution >= 4 is 0 Å². The second-order valence-electron chi connectivity index (χ2n) is 2.21. The second-order valence-corrected chi connectivity index (χ2v) is 2.21. The molecule has 0 spiro atoms. The Morgan fingerprint density at radius 3 is 2.89 bits per heavy atom. The quantitative estimate of drug-likeness (QED) is 0.529. The van der Waals surface area contributed by atoms with Gasteiger partial charge in [-0.05, 0) is 18.6 Å². The van der Waals surface area contributed by atoms with Crippen molar-refractivity contribution in [1.82, 2.24) is 0 Å². The zero-order valence-electron chi connectivity index (χ0n) is 5.26. The molecule has 0 fully saturated rings. The van der Waals surface area contributed by atoms with Crippen LogP contribution in [0.2, 0.25) is 0 Å². The van der Waals surface area contributed by atoms with E-state index in [1.165, 1.54) is 6.08 Å². The molecule has 1 atom stereocenters. The fourth-order valence-electron chi connectivity index (χ4n) is 0.759. The molecular formula is C7H9FO. The maximum atomic E-state index is 12.3. The summed E-state index contributed by atoms with van der Waals surface area (Å²) >= 11 is 0. The van der Waals surface area contributed by atoms with Crippen LogP contribution in [0.25, 0.3) is 0 Å². The number of rotatable bonds is 0. The standard InChI is InChI=1S/C7H9FO/c1-5-2-3-6(8)4-7(5)9/h2-3,6,9H,4H2,1H3. The van der Waals surface area contributed by atoms with Gasteiger partial charge in [0.15, 0.2) is 0 Å². The first kappa shape index (κ1) is 6.33. The van der Waals surface area contributed by atoms with Gasteiger partial charge < -0.3 is 5.11 Å². The lowest BCUT2D eigenvalue weighted by atomic mass is 10.1. The van der Waals surface area contributed by atoms with E-state index >= 15 is 0 Å². The highest BCUT2D eigenvalue weighted by Crippen LogP contribution is 2.17. The van der Waals surface area contributed by atoms with E-state index in [1.807, 2.05) is 0 Å². The summed E-state index contributed by atoms with van der Waals surface area (Å²) in [6.07, 6.45) is 2.20. The zero-order chi connectivity index (χ0) is 6.85. The third kappa shape index (κ3) is 1.31. The maximum absolute atomic E-state index is 12.3. The molecule has 1 aliphatic carbocycles. The molecule has 1 nitrogen and oxygen atoms in total. The van der Waals surface area contributed by atoms with E-state index in [1.54, 1.807) is 13.0 Å². The molecule has 0 saturated heterocycles. The molecule has 50 valence electrons.